The molecule has 15 heavy (non-hydrogen) atoms. The quantitative estimate of drug-likeness (QED) is 0.562. The van der Waals surface area contributed by atoms with Crippen LogP contribution in [-0.4, -0.2) is 19.9 Å². The van der Waals surface area contributed by atoms with Crippen LogP contribution in [0.2, 0.25) is 0 Å². The van der Waals surface area contributed by atoms with Crippen LogP contribution < -0.4 is 10.6 Å². The van der Waals surface area contributed by atoms with Crippen LogP contribution in [0.25, 0.3) is 0 Å². The van der Waals surface area contributed by atoms with Crippen molar-refractivity contribution >= 4 is 17.7 Å². The predicted octanol–water partition coefficient (Wildman–Crippen LogP) is 1.53. The molecular weight excluding hydrogens is 195 g/mol. The molecule has 1 unspecified atom stereocenters. The molecule has 2 N–H and O–H groups in total. The molecule has 1 heterocycles. The molecular formula is C11H13FN2O. The van der Waals surface area contributed by atoms with Crippen LogP contribution in [0.5, 0.6) is 0 Å². The Morgan fingerprint density at radius 3 is 3.00 bits per heavy atom. The molecule has 1 aromatic rings. The maximum absolute atomic E-state index is 13.3. The molecule has 4 heteroatoms. The van der Waals surface area contributed by atoms with Crippen LogP contribution >= 0.6 is 0 Å². The number of nitrogens with two attached hydrogens (primary N) is 1. The van der Waals surface area contributed by atoms with Crippen molar-refractivity contribution in [1.82, 2.24) is 0 Å². The number of nitrogen functional groups attached to an aromatic ring is 1. The average Bonchev–Trinajstić information content (AvgIpc) is 2.22. The number of anilines is 2. The standard InChI is InChI=1S/C11H13FN2O/c1-14-3-2-7(6-15)8-4-10(13)9(12)5-11(8)14/h4-7H,2-3,13H2,1H3. The third-order valence-electron chi connectivity index (χ3n) is 2.90. The van der Waals surface area contributed by atoms with Crippen molar-refractivity contribution in [3.63, 3.8) is 0 Å². The minimum Gasteiger partial charge on any atom is -0.396 e. The zero-order valence-corrected chi connectivity index (χ0v) is 8.53. The normalized spacial score (nSPS) is 19.9. The number of carbonyl (C=O) groups is 1. The van der Waals surface area contributed by atoms with Gasteiger partial charge in [0.2, 0.25) is 0 Å². The molecule has 1 aromatic carbocycles. The molecule has 3 nitrogen and oxygen atoms in total. The monoisotopic (exact) mass is 208 g/mol. The maximum atomic E-state index is 13.3. The fourth-order valence-corrected chi connectivity index (χ4v) is 1.97. The summed E-state index contributed by atoms with van der Waals surface area (Å²) < 4.78 is 13.3. The second-order valence-corrected chi connectivity index (χ2v) is 3.89. The lowest BCUT2D eigenvalue weighted by atomic mass is 9.91. The van der Waals surface area contributed by atoms with E-state index in [1.165, 1.54) is 6.07 Å². The molecule has 0 fully saturated rings. The number of benzene rings is 1. The molecule has 2 rings (SSSR count). The van der Waals surface area contributed by atoms with Crippen molar-refractivity contribution < 1.29 is 9.18 Å². The summed E-state index contributed by atoms with van der Waals surface area (Å²) in [6.07, 6.45) is 1.67. The van der Waals surface area contributed by atoms with Crippen LogP contribution in [0.4, 0.5) is 15.8 Å². The summed E-state index contributed by atoms with van der Waals surface area (Å²) in [6.45, 7) is 0.764. The summed E-state index contributed by atoms with van der Waals surface area (Å²) in [6, 6.07) is 2.97. The first-order chi connectivity index (χ1) is 7.13. The van der Waals surface area contributed by atoms with Gasteiger partial charge in [-0.25, -0.2) is 4.39 Å². The van der Waals surface area contributed by atoms with Gasteiger partial charge in [0, 0.05) is 25.2 Å². The summed E-state index contributed by atoms with van der Waals surface area (Å²) in [5, 5.41) is 0. The second kappa shape index (κ2) is 3.53. The smallest absolute Gasteiger partial charge is 0.148 e. The van der Waals surface area contributed by atoms with Crippen LogP contribution in [-0.2, 0) is 4.79 Å². The Morgan fingerprint density at radius 1 is 1.60 bits per heavy atom. The Labute approximate surface area is 87.7 Å². The highest BCUT2D eigenvalue weighted by Crippen LogP contribution is 2.35. The third kappa shape index (κ3) is 1.56. The molecule has 1 aliphatic rings. The molecule has 1 atom stereocenters. The highest BCUT2D eigenvalue weighted by atomic mass is 19.1. The molecule has 1 aliphatic heterocycles. The molecule has 0 saturated heterocycles. The Balaban J connectivity index is 2.57. The minimum absolute atomic E-state index is 0.107. The van der Waals surface area contributed by atoms with Crippen LogP contribution in [0.1, 0.15) is 17.9 Å². The first-order valence-electron chi connectivity index (χ1n) is 4.89. The van der Waals surface area contributed by atoms with Crippen molar-refractivity contribution in [2.45, 2.75) is 12.3 Å². The van der Waals surface area contributed by atoms with E-state index in [-0.39, 0.29) is 11.6 Å². The summed E-state index contributed by atoms with van der Waals surface area (Å²) in [5.41, 5.74) is 7.20. The number of halogens is 1. The molecule has 0 aromatic heterocycles. The number of carbonyl (C=O) groups excluding carboxylic acids is 1. The van der Waals surface area contributed by atoms with Gasteiger partial charge in [0.1, 0.15) is 12.1 Å². The van der Waals surface area contributed by atoms with Crippen molar-refractivity contribution in [2.24, 2.45) is 0 Å². The first-order valence-corrected chi connectivity index (χ1v) is 4.89. The number of nitrogens with zero attached hydrogens (tertiary/aromatic N) is 1. The number of fused-ring (bicyclic) bond motifs is 1. The van der Waals surface area contributed by atoms with E-state index in [9.17, 15) is 9.18 Å². The van der Waals surface area contributed by atoms with Gasteiger partial charge in [0.25, 0.3) is 0 Å². The first kappa shape index (κ1) is 9.96. The lowest BCUT2D eigenvalue weighted by Crippen LogP contribution is -2.28. The number of hydrogen-bond acceptors (Lipinski definition) is 3. The Hall–Kier alpha value is -1.58. The van der Waals surface area contributed by atoms with Gasteiger partial charge in [-0.1, -0.05) is 0 Å². The molecule has 0 amide bonds. The van der Waals surface area contributed by atoms with Gasteiger partial charge in [-0.2, -0.15) is 0 Å². The fraction of sp³-hybridized carbons (Fsp3) is 0.364. The Bertz CT molecular complexity index is 406. The zero-order chi connectivity index (χ0) is 11.0. The second-order valence-electron chi connectivity index (χ2n) is 3.89. The van der Waals surface area contributed by atoms with E-state index >= 15 is 0 Å². The van der Waals surface area contributed by atoms with Crippen LogP contribution in [0.3, 0.4) is 0 Å². The number of rotatable bonds is 1. The van der Waals surface area contributed by atoms with Gasteiger partial charge in [0.15, 0.2) is 0 Å². The summed E-state index contributed by atoms with van der Waals surface area (Å²) in [7, 11) is 1.88. The van der Waals surface area contributed by atoms with Crippen molar-refractivity contribution in [1.29, 1.82) is 0 Å². The Morgan fingerprint density at radius 2 is 2.33 bits per heavy atom. The SMILES string of the molecule is CN1CCC(C=O)c2cc(N)c(F)cc21. The molecule has 0 spiro atoms. The third-order valence-corrected chi connectivity index (χ3v) is 2.90. The Kier molecular flexibility index (Phi) is 2.34. The minimum atomic E-state index is -0.424. The van der Waals surface area contributed by atoms with E-state index < -0.39 is 5.82 Å². The van der Waals surface area contributed by atoms with Crippen LogP contribution in [0.15, 0.2) is 12.1 Å². The average molecular weight is 208 g/mol. The highest BCUT2D eigenvalue weighted by molar-refractivity contribution is 5.73. The van der Waals surface area contributed by atoms with Crippen LogP contribution in [0, 0.1) is 5.82 Å². The van der Waals surface area contributed by atoms with Gasteiger partial charge in [-0.15, -0.1) is 0 Å². The maximum Gasteiger partial charge on any atom is 0.148 e. The molecule has 0 radical (unpaired) electrons. The van der Waals surface area contributed by atoms with Gasteiger partial charge in [0.05, 0.1) is 5.69 Å². The molecule has 0 bridgehead atoms. The lowest BCUT2D eigenvalue weighted by Gasteiger charge is -2.31. The predicted molar refractivity (Wildman–Crippen MR) is 57.5 cm³/mol. The van der Waals surface area contributed by atoms with Crippen molar-refractivity contribution in [2.75, 3.05) is 24.2 Å². The largest absolute Gasteiger partial charge is 0.396 e. The van der Waals surface area contributed by atoms with Crippen molar-refractivity contribution in [3.8, 4) is 0 Å². The fourth-order valence-electron chi connectivity index (χ4n) is 1.97. The zero-order valence-electron chi connectivity index (χ0n) is 8.53. The van der Waals surface area contributed by atoms with Gasteiger partial charge < -0.3 is 15.4 Å². The van der Waals surface area contributed by atoms with Gasteiger partial charge in [-0.05, 0) is 24.1 Å². The van der Waals surface area contributed by atoms with E-state index in [4.69, 9.17) is 5.73 Å². The molecule has 80 valence electrons. The van der Waals surface area contributed by atoms with E-state index in [2.05, 4.69) is 0 Å². The lowest BCUT2D eigenvalue weighted by molar-refractivity contribution is -0.109. The highest BCUT2D eigenvalue weighted by Gasteiger charge is 2.24. The summed E-state index contributed by atoms with van der Waals surface area (Å²) in [5.74, 6) is -0.578. The van der Waals surface area contributed by atoms with E-state index in [0.717, 1.165) is 30.5 Å². The summed E-state index contributed by atoms with van der Waals surface area (Å²) in [4.78, 5) is 12.8. The number of aldehydes is 1. The van der Waals surface area contributed by atoms with E-state index in [1.807, 2.05) is 11.9 Å². The van der Waals surface area contributed by atoms with Gasteiger partial charge >= 0.3 is 0 Å². The topological polar surface area (TPSA) is 46.3 Å². The number of hydrogen-bond donors (Lipinski definition) is 1. The summed E-state index contributed by atoms with van der Waals surface area (Å²) >= 11 is 0. The van der Waals surface area contributed by atoms with Gasteiger partial charge in [-0.3, -0.25) is 0 Å². The molecule has 0 saturated carbocycles. The van der Waals surface area contributed by atoms with E-state index in [1.54, 1.807) is 6.07 Å². The molecule has 0 aliphatic carbocycles. The van der Waals surface area contributed by atoms with Crippen molar-refractivity contribution in [3.05, 3.63) is 23.5 Å². The van der Waals surface area contributed by atoms with E-state index in [0.29, 0.717) is 0 Å².